The molecule has 4 heteroatoms. The molecule has 0 spiro atoms. The predicted octanol–water partition coefficient (Wildman–Crippen LogP) is 1.63. The highest BCUT2D eigenvalue weighted by Gasteiger charge is 2.30. The molecular weight excluding hydrogens is 238 g/mol. The Hall–Kier alpha value is -1.57. The summed E-state index contributed by atoms with van der Waals surface area (Å²) in [6.45, 7) is 4.50. The molecule has 102 valence electrons. The van der Waals surface area contributed by atoms with Crippen LogP contribution in [-0.4, -0.2) is 30.8 Å². The van der Waals surface area contributed by atoms with Crippen LogP contribution in [0.5, 0.6) is 0 Å². The summed E-state index contributed by atoms with van der Waals surface area (Å²) in [4.78, 5) is 2.16. The SMILES string of the molecule is CCNCc1ccc(N(CCO)C2CC2)c(C#N)c1. The Labute approximate surface area is 114 Å². The molecule has 2 N–H and O–H groups in total. The van der Waals surface area contributed by atoms with Crippen molar-refractivity contribution in [1.82, 2.24) is 5.32 Å². The molecule has 0 amide bonds. The number of nitrogens with one attached hydrogen (secondary N) is 1. The molecule has 0 bridgehead atoms. The second-order valence-corrected chi connectivity index (χ2v) is 4.89. The molecule has 1 aliphatic rings. The maximum absolute atomic E-state index is 9.33. The van der Waals surface area contributed by atoms with E-state index in [0.717, 1.165) is 37.2 Å². The van der Waals surface area contributed by atoms with Crippen LogP contribution in [-0.2, 0) is 6.54 Å². The topological polar surface area (TPSA) is 59.3 Å². The Bertz CT molecular complexity index is 463. The number of rotatable bonds is 7. The van der Waals surface area contributed by atoms with Crippen molar-refractivity contribution < 1.29 is 5.11 Å². The van der Waals surface area contributed by atoms with Crippen LogP contribution >= 0.6 is 0 Å². The first kappa shape index (κ1) is 13.9. The summed E-state index contributed by atoms with van der Waals surface area (Å²) in [5.41, 5.74) is 2.79. The summed E-state index contributed by atoms with van der Waals surface area (Å²) in [5, 5.41) is 21.8. The van der Waals surface area contributed by atoms with Gasteiger partial charge in [-0.1, -0.05) is 13.0 Å². The van der Waals surface area contributed by atoms with Gasteiger partial charge in [0.1, 0.15) is 6.07 Å². The standard InChI is InChI=1S/C15H21N3O/c1-2-17-11-12-3-6-15(13(9-12)10-16)18(7-8-19)14-4-5-14/h3,6,9,14,17,19H,2,4-5,7-8,11H2,1H3. The van der Waals surface area contributed by atoms with Gasteiger partial charge < -0.3 is 15.3 Å². The molecule has 0 aromatic heterocycles. The normalized spacial score (nSPS) is 14.2. The summed E-state index contributed by atoms with van der Waals surface area (Å²) < 4.78 is 0. The number of aliphatic hydroxyl groups excluding tert-OH is 1. The zero-order valence-corrected chi connectivity index (χ0v) is 11.4. The van der Waals surface area contributed by atoms with E-state index in [1.807, 2.05) is 12.1 Å². The van der Waals surface area contributed by atoms with E-state index in [1.54, 1.807) is 0 Å². The first-order valence-electron chi connectivity index (χ1n) is 6.91. The molecule has 1 aromatic carbocycles. The van der Waals surface area contributed by atoms with Gasteiger partial charge in [-0.25, -0.2) is 0 Å². The Morgan fingerprint density at radius 2 is 2.26 bits per heavy atom. The number of aliphatic hydroxyl groups is 1. The minimum Gasteiger partial charge on any atom is -0.395 e. The monoisotopic (exact) mass is 259 g/mol. The molecule has 0 unspecified atom stereocenters. The zero-order valence-electron chi connectivity index (χ0n) is 11.4. The summed E-state index contributed by atoms with van der Waals surface area (Å²) in [6.07, 6.45) is 2.31. The molecule has 0 heterocycles. The van der Waals surface area contributed by atoms with Gasteiger partial charge in [0, 0.05) is 19.1 Å². The first-order chi connectivity index (χ1) is 9.30. The van der Waals surface area contributed by atoms with Crippen molar-refractivity contribution in [2.75, 3.05) is 24.6 Å². The van der Waals surface area contributed by atoms with Crippen molar-refractivity contribution in [3.8, 4) is 6.07 Å². The van der Waals surface area contributed by atoms with E-state index >= 15 is 0 Å². The molecular formula is C15H21N3O. The molecule has 1 saturated carbocycles. The van der Waals surface area contributed by atoms with E-state index in [4.69, 9.17) is 0 Å². The molecule has 0 radical (unpaired) electrons. The lowest BCUT2D eigenvalue weighted by molar-refractivity contribution is 0.301. The van der Waals surface area contributed by atoms with Gasteiger partial charge in [0.15, 0.2) is 0 Å². The molecule has 0 saturated heterocycles. The van der Waals surface area contributed by atoms with E-state index in [9.17, 15) is 10.4 Å². The highest BCUT2D eigenvalue weighted by molar-refractivity contribution is 5.61. The van der Waals surface area contributed by atoms with Gasteiger partial charge in [-0.2, -0.15) is 5.26 Å². The van der Waals surface area contributed by atoms with Gasteiger partial charge in [0.2, 0.25) is 0 Å². The number of hydrogen-bond donors (Lipinski definition) is 2. The van der Waals surface area contributed by atoms with Crippen LogP contribution in [0.3, 0.4) is 0 Å². The van der Waals surface area contributed by atoms with Crippen molar-refractivity contribution in [3.05, 3.63) is 29.3 Å². The van der Waals surface area contributed by atoms with Crippen molar-refractivity contribution >= 4 is 5.69 Å². The van der Waals surface area contributed by atoms with Crippen LogP contribution in [0.2, 0.25) is 0 Å². The van der Waals surface area contributed by atoms with Gasteiger partial charge in [-0.15, -0.1) is 0 Å². The van der Waals surface area contributed by atoms with Crippen LogP contribution in [0.15, 0.2) is 18.2 Å². The fourth-order valence-electron chi connectivity index (χ4n) is 2.30. The molecule has 0 aliphatic heterocycles. The van der Waals surface area contributed by atoms with Gasteiger partial charge in [-0.05, 0) is 37.1 Å². The summed E-state index contributed by atoms with van der Waals surface area (Å²) in [7, 11) is 0. The third-order valence-electron chi connectivity index (χ3n) is 3.40. The second-order valence-electron chi connectivity index (χ2n) is 4.89. The maximum atomic E-state index is 9.33. The van der Waals surface area contributed by atoms with E-state index < -0.39 is 0 Å². The molecule has 1 fully saturated rings. The Morgan fingerprint density at radius 3 is 2.84 bits per heavy atom. The van der Waals surface area contributed by atoms with Crippen molar-refractivity contribution in [2.24, 2.45) is 0 Å². The smallest absolute Gasteiger partial charge is 0.101 e. The number of nitrogens with zero attached hydrogens (tertiary/aromatic N) is 2. The fraction of sp³-hybridized carbons (Fsp3) is 0.533. The van der Waals surface area contributed by atoms with Crippen molar-refractivity contribution in [3.63, 3.8) is 0 Å². The number of anilines is 1. The van der Waals surface area contributed by atoms with Crippen LogP contribution in [0.1, 0.15) is 30.9 Å². The van der Waals surface area contributed by atoms with E-state index in [2.05, 4.69) is 29.3 Å². The van der Waals surface area contributed by atoms with E-state index in [1.165, 1.54) is 0 Å². The zero-order chi connectivity index (χ0) is 13.7. The average molecular weight is 259 g/mol. The summed E-state index contributed by atoms with van der Waals surface area (Å²) >= 11 is 0. The predicted molar refractivity (Wildman–Crippen MR) is 76.0 cm³/mol. The fourth-order valence-corrected chi connectivity index (χ4v) is 2.30. The van der Waals surface area contributed by atoms with Crippen LogP contribution in [0.25, 0.3) is 0 Å². The second kappa shape index (κ2) is 6.55. The number of hydrogen-bond acceptors (Lipinski definition) is 4. The van der Waals surface area contributed by atoms with Gasteiger partial charge in [0.05, 0.1) is 17.9 Å². The Balaban J connectivity index is 2.21. The lowest BCUT2D eigenvalue weighted by Crippen LogP contribution is -2.29. The quantitative estimate of drug-likeness (QED) is 0.781. The third kappa shape index (κ3) is 3.46. The lowest BCUT2D eigenvalue weighted by Gasteiger charge is -2.25. The molecule has 19 heavy (non-hydrogen) atoms. The average Bonchev–Trinajstić information content (AvgIpc) is 3.27. The Morgan fingerprint density at radius 1 is 1.47 bits per heavy atom. The molecule has 1 aromatic rings. The molecule has 4 nitrogen and oxygen atoms in total. The van der Waals surface area contributed by atoms with Gasteiger partial charge >= 0.3 is 0 Å². The third-order valence-corrected chi connectivity index (χ3v) is 3.40. The van der Waals surface area contributed by atoms with Crippen molar-refractivity contribution in [2.45, 2.75) is 32.4 Å². The number of nitriles is 1. The highest BCUT2D eigenvalue weighted by Crippen LogP contribution is 2.33. The van der Waals surface area contributed by atoms with Crippen LogP contribution in [0, 0.1) is 11.3 Å². The Kier molecular flexibility index (Phi) is 4.78. The van der Waals surface area contributed by atoms with Gasteiger partial charge in [-0.3, -0.25) is 0 Å². The lowest BCUT2D eigenvalue weighted by atomic mass is 10.1. The summed E-state index contributed by atoms with van der Waals surface area (Å²) in [5.74, 6) is 0. The molecule has 2 rings (SSSR count). The van der Waals surface area contributed by atoms with Crippen LogP contribution < -0.4 is 10.2 Å². The van der Waals surface area contributed by atoms with Crippen LogP contribution in [0.4, 0.5) is 5.69 Å². The van der Waals surface area contributed by atoms with E-state index in [0.29, 0.717) is 18.2 Å². The molecule has 0 atom stereocenters. The minimum atomic E-state index is 0.126. The minimum absolute atomic E-state index is 0.126. The van der Waals surface area contributed by atoms with E-state index in [-0.39, 0.29) is 6.61 Å². The van der Waals surface area contributed by atoms with Crippen molar-refractivity contribution in [1.29, 1.82) is 5.26 Å². The molecule has 1 aliphatic carbocycles. The van der Waals surface area contributed by atoms with Gasteiger partial charge in [0.25, 0.3) is 0 Å². The maximum Gasteiger partial charge on any atom is 0.101 e. The highest BCUT2D eigenvalue weighted by atomic mass is 16.3. The largest absolute Gasteiger partial charge is 0.395 e. The summed E-state index contributed by atoms with van der Waals surface area (Å²) in [6, 6.07) is 8.81. The number of benzene rings is 1. The first-order valence-corrected chi connectivity index (χ1v) is 6.91.